The van der Waals surface area contributed by atoms with E-state index in [0.717, 1.165) is 22.3 Å². The number of aromatic nitrogens is 5. The van der Waals surface area contributed by atoms with Crippen molar-refractivity contribution in [3.05, 3.63) is 118 Å². The van der Waals surface area contributed by atoms with Crippen LogP contribution in [0.15, 0.2) is 106 Å². The van der Waals surface area contributed by atoms with Gasteiger partial charge in [0.25, 0.3) is 5.56 Å². The SMILES string of the molecule is CC(C)(C)c1ccc(-c2noc(CSc3nc4c(-c5ccccc5)c[nH]c4c(=O)n3Cc3ccccc3)n2)cc1. The third-order valence-corrected chi connectivity index (χ3v) is 7.78. The highest BCUT2D eigenvalue weighted by Gasteiger charge is 2.19. The fourth-order valence-corrected chi connectivity index (χ4v) is 5.43. The lowest BCUT2D eigenvalue weighted by Crippen LogP contribution is -2.24. The summed E-state index contributed by atoms with van der Waals surface area (Å²) < 4.78 is 7.29. The fourth-order valence-electron chi connectivity index (χ4n) is 4.60. The van der Waals surface area contributed by atoms with Crippen molar-refractivity contribution in [2.24, 2.45) is 0 Å². The highest BCUT2D eigenvalue weighted by Crippen LogP contribution is 2.30. The Morgan fingerprint density at radius 2 is 1.57 bits per heavy atom. The maximum Gasteiger partial charge on any atom is 0.278 e. The number of nitrogens with zero attached hydrogens (tertiary/aromatic N) is 4. The van der Waals surface area contributed by atoms with Gasteiger partial charge in [0.1, 0.15) is 11.0 Å². The lowest BCUT2D eigenvalue weighted by atomic mass is 9.87. The zero-order chi connectivity index (χ0) is 27.7. The van der Waals surface area contributed by atoms with Crippen LogP contribution in [-0.2, 0) is 17.7 Å². The molecule has 3 heterocycles. The second kappa shape index (κ2) is 10.6. The summed E-state index contributed by atoms with van der Waals surface area (Å²) in [4.78, 5) is 26.5. The molecule has 0 saturated carbocycles. The second-order valence-corrected chi connectivity index (χ2v) is 11.6. The molecular weight excluding hydrogens is 518 g/mol. The van der Waals surface area contributed by atoms with E-state index in [2.05, 4.69) is 48.0 Å². The molecule has 0 amide bonds. The molecule has 3 aromatic carbocycles. The van der Waals surface area contributed by atoms with Crippen molar-refractivity contribution in [3.63, 3.8) is 0 Å². The van der Waals surface area contributed by atoms with E-state index in [1.54, 1.807) is 4.57 Å². The summed E-state index contributed by atoms with van der Waals surface area (Å²) in [5, 5.41) is 4.79. The number of hydrogen-bond acceptors (Lipinski definition) is 6. The summed E-state index contributed by atoms with van der Waals surface area (Å²) in [6.07, 6.45) is 1.85. The van der Waals surface area contributed by atoms with Crippen LogP contribution in [0.1, 0.15) is 37.8 Å². The van der Waals surface area contributed by atoms with E-state index >= 15 is 0 Å². The number of benzene rings is 3. The van der Waals surface area contributed by atoms with E-state index in [4.69, 9.17) is 9.51 Å². The van der Waals surface area contributed by atoms with Gasteiger partial charge in [-0.25, -0.2) is 4.98 Å². The van der Waals surface area contributed by atoms with Gasteiger partial charge in [-0.05, 0) is 22.1 Å². The third kappa shape index (κ3) is 5.22. The molecule has 6 aromatic rings. The van der Waals surface area contributed by atoms with Crippen molar-refractivity contribution in [1.82, 2.24) is 24.7 Å². The van der Waals surface area contributed by atoms with Crippen molar-refractivity contribution < 1.29 is 4.52 Å². The molecule has 0 aliphatic heterocycles. The molecule has 0 radical (unpaired) electrons. The minimum absolute atomic E-state index is 0.0705. The van der Waals surface area contributed by atoms with Crippen LogP contribution in [0, 0.1) is 0 Å². The number of nitrogens with one attached hydrogen (secondary N) is 1. The quantitative estimate of drug-likeness (QED) is 0.170. The van der Waals surface area contributed by atoms with E-state index in [9.17, 15) is 4.79 Å². The maximum absolute atomic E-state index is 13.7. The molecule has 0 aliphatic rings. The van der Waals surface area contributed by atoms with E-state index in [1.165, 1.54) is 17.3 Å². The van der Waals surface area contributed by atoms with Gasteiger partial charge in [0.2, 0.25) is 11.7 Å². The van der Waals surface area contributed by atoms with Crippen LogP contribution < -0.4 is 5.56 Å². The molecule has 6 rings (SSSR count). The third-order valence-electron chi connectivity index (χ3n) is 6.82. The molecule has 0 unspecified atom stereocenters. The Hall–Kier alpha value is -4.43. The summed E-state index contributed by atoms with van der Waals surface area (Å²) in [7, 11) is 0. The Kier molecular flexibility index (Phi) is 6.86. The Morgan fingerprint density at radius 1 is 0.875 bits per heavy atom. The first kappa shape index (κ1) is 25.8. The van der Waals surface area contributed by atoms with Gasteiger partial charge >= 0.3 is 0 Å². The lowest BCUT2D eigenvalue weighted by Gasteiger charge is -2.18. The van der Waals surface area contributed by atoms with Crippen LogP contribution in [0.5, 0.6) is 0 Å². The van der Waals surface area contributed by atoms with E-state index < -0.39 is 0 Å². The zero-order valence-corrected chi connectivity index (χ0v) is 23.4. The molecule has 1 N–H and O–H groups in total. The molecule has 0 bridgehead atoms. The van der Waals surface area contributed by atoms with Crippen molar-refractivity contribution in [1.29, 1.82) is 0 Å². The monoisotopic (exact) mass is 547 g/mol. The summed E-state index contributed by atoms with van der Waals surface area (Å²) in [5.74, 6) is 1.39. The molecule has 0 spiro atoms. The first-order valence-corrected chi connectivity index (χ1v) is 14.1. The zero-order valence-electron chi connectivity index (χ0n) is 22.6. The molecule has 200 valence electrons. The minimum atomic E-state index is -0.122. The molecule has 8 heteroatoms. The number of fused-ring (bicyclic) bond motifs is 1. The maximum atomic E-state index is 13.7. The molecule has 3 aromatic heterocycles. The largest absolute Gasteiger partial charge is 0.355 e. The van der Waals surface area contributed by atoms with Crippen LogP contribution in [0.3, 0.4) is 0 Å². The predicted octanol–water partition coefficient (Wildman–Crippen LogP) is 7.08. The van der Waals surface area contributed by atoms with E-state index in [1.807, 2.05) is 79.0 Å². The first-order valence-electron chi connectivity index (χ1n) is 13.1. The van der Waals surface area contributed by atoms with Crippen molar-refractivity contribution in [2.75, 3.05) is 0 Å². The van der Waals surface area contributed by atoms with Gasteiger partial charge in [-0.15, -0.1) is 0 Å². The van der Waals surface area contributed by atoms with Gasteiger partial charge in [0.05, 0.1) is 12.3 Å². The van der Waals surface area contributed by atoms with Crippen LogP contribution in [0.25, 0.3) is 33.5 Å². The predicted molar refractivity (Wildman–Crippen MR) is 159 cm³/mol. The second-order valence-electron chi connectivity index (χ2n) is 10.7. The Balaban J connectivity index is 1.33. The summed E-state index contributed by atoms with van der Waals surface area (Å²) in [6, 6.07) is 28.1. The van der Waals surface area contributed by atoms with Crippen LogP contribution in [-0.4, -0.2) is 24.7 Å². The Morgan fingerprint density at radius 3 is 2.27 bits per heavy atom. The molecule has 40 heavy (non-hydrogen) atoms. The number of aromatic amines is 1. The minimum Gasteiger partial charge on any atom is -0.355 e. The molecular formula is C32H29N5O2S. The summed E-state index contributed by atoms with van der Waals surface area (Å²) in [5.41, 5.74) is 6.12. The van der Waals surface area contributed by atoms with Crippen molar-refractivity contribution in [2.45, 2.75) is 43.6 Å². The molecule has 0 atom stereocenters. The normalized spacial score (nSPS) is 11.8. The summed E-state index contributed by atoms with van der Waals surface area (Å²) >= 11 is 1.41. The van der Waals surface area contributed by atoms with Crippen molar-refractivity contribution in [3.8, 4) is 22.5 Å². The molecule has 0 saturated heterocycles. The van der Waals surface area contributed by atoms with Gasteiger partial charge in [0.15, 0.2) is 5.16 Å². The van der Waals surface area contributed by atoms with Crippen LogP contribution in [0.2, 0.25) is 0 Å². The number of rotatable bonds is 7. The molecule has 0 fully saturated rings. The first-order chi connectivity index (χ1) is 19.4. The van der Waals surface area contributed by atoms with Crippen LogP contribution >= 0.6 is 11.8 Å². The number of hydrogen-bond donors (Lipinski definition) is 1. The van der Waals surface area contributed by atoms with Crippen molar-refractivity contribution >= 4 is 22.8 Å². The van der Waals surface area contributed by atoms with Gasteiger partial charge in [0, 0.05) is 17.3 Å². The highest BCUT2D eigenvalue weighted by molar-refractivity contribution is 7.98. The number of thioether (sulfide) groups is 1. The number of H-pyrrole nitrogens is 1. The average Bonchev–Trinajstić information content (AvgIpc) is 3.62. The highest BCUT2D eigenvalue weighted by atomic mass is 32.2. The topological polar surface area (TPSA) is 89.6 Å². The van der Waals surface area contributed by atoms with E-state index in [-0.39, 0.29) is 11.0 Å². The summed E-state index contributed by atoms with van der Waals surface area (Å²) in [6.45, 7) is 6.96. The standard InChI is InChI=1S/C32H29N5O2S/c1-32(2,3)24-16-14-23(15-17-24)29-34-26(39-36-29)20-40-31-35-27-25(22-12-8-5-9-13-22)18-33-28(27)30(38)37(31)19-21-10-6-4-7-11-21/h4-18,33H,19-20H2,1-3H3. The molecule has 0 aliphatic carbocycles. The van der Waals surface area contributed by atoms with Gasteiger partial charge in [-0.1, -0.05) is 123 Å². The van der Waals surface area contributed by atoms with E-state index in [0.29, 0.717) is 40.2 Å². The van der Waals surface area contributed by atoms with Gasteiger partial charge in [-0.3, -0.25) is 9.36 Å². The smallest absolute Gasteiger partial charge is 0.278 e. The van der Waals surface area contributed by atoms with Gasteiger partial charge < -0.3 is 9.51 Å². The fraction of sp³-hybridized carbons (Fsp3) is 0.188. The Bertz CT molecular complexity index is 1820. The lowest BCUT2D eigenvalue weighted by molar-refractivity contribution is 0.391. The average molecular weight is 548 g/mol. The molecule has 7 nitrogen and oxygen atoms in total. The Labute approximate surface area is 236 Å². The van der Waals surface area contributed by atoms with Crippen LogP contribution in [0.4, 0.5) is 0 Å². The van der Waals surface area contributed by atoms with Gasteiger partial charge in [-0.2, -0.15) is 4.98 Å².